The molecule has 1 amide bonds. The average Bonchev–Trinajstić information content (AvgIpc) is 3.11. The zero-order chi connectivity index (χ0) is 14.3. The number of hydrogen-bond acceptors (Lipinski definition) is 3. The van der Waals surface area contributed by atoms with Crippen LogP contribution in [-0.2, 0) is 9.53 Å². The van der Waals surface area contributed by atoms with E-state index >= 15 is 0 Å². The highest BCUT2D eigenvalue weighted by molar-refractivity contribution is 6.03. The predicted octanol–water partition coefficient (Wildman–Crippen LogP) is 2.48. The number of carbonyl (C=O) groups excluding carboxylic acids is 2. The third-order valence-corrected chi connectivity index (χ3v) is 4.59. The number of methoxy groups -OCH3 is 1. The first-order chi connectivity index (χ1) is 9.61. The van der Waals surface area contributed by atoms with Crippen molar-refractivity contribution >= 4 is 17.6 Å². The monoisotopic (exact) mass is 273 g/mol. The lowest BCUT2D eigenvalue weighted by molar-refractivity contribution is -0.122. The number of amides is 1. The summed E-state index contributed by atoms with van der Waals surface area (Å²) >= 11 is 0. The van der Waals surface area contributed by atoms with E-state index in [0.29, 0.717) is 11.3 Å². The highest BCUT2D eigenvalue weighted by Gasteiger charge is 2.48. The molecule has 0 aliphatic heterocycles. The van der Waals surface area contributed by atoms with Crippen LogP contribution >= 0.6 is 0 Å². The number of para-hydroxylation sites is 1. The molecule has 0 N–H and O–H groups in total. The van der Waals surface area contributed by atoms with Gasteiger partial charge in [0.2, 0.25) is 5.91 Å². The second-order valence-corrected chi connectivity index (χ2v) is 5.83. The van der Waals surface area contributed by atoms with E-state index < -0.39 is 5.97 Å². The van der Waals surface area contributed by atoms with Crippen molar-refractivity contribution < 1.29 is 14.3 Å². The van der Waals surface area contributed by atoms with Gasteiger partial charge in [0, 0.05) is 13.0 Å². The van der Waals surface area contributed by atoms with E-state index in [1.54, 1.807) is 30.1 Å². The fraction of sp³-hybridized carbons (Fsp3) is 0.500. The Labute approximate surface area is 118 Å². The molecule has 4 heteroatoms. The molecule has 0 bridgehead atoms. The zero-order valence-electron chi connectivity index (χ0n) is 11.8. The Bertz CT molecular complexity index is 544. The molecule has 0 aromatic heterocycles. The smallest absolute Gasteiger partial charge is 0.339 e. The lowest BCUT2D eigenvalue weighted by Gasteiger charge is -2.23. The summed E-state index contributed by atoms with van der Waals surface area (Å²) in [6.07, 6.45) is 3.31. The van der Waals surface area contributed by atoms with Crippen LogP contribution < -0.4 is 4.90 Å². The van der Waals surface area contributed by atoms with Crippen molar-refractivity contribution in [1.29, 1.82) is 0 Å². The standard InChI is InChI=1S/C16H19NO3/c1-17(15(18)12-8-10-7-11(10)9-12)14-6-4-3-5-13(14)16(19)20-2/h3-6,10-12H,7-9H2,1-2H3. The van der Waals surface area contributed by atoms with Crippen LogP contribution in [0.5, 0.6) is 0 Å². The van der Waals surface area contributed by atoms with Crippen molar-refractivity contribution in [2.24, 2.45) is 17.8 Å². The van der Waals surface area contributed by atoms with Crippen LogP contribution in [0.15, 0.2) is 24.3 Å². The van der Waals surface area contributed by atoms with Crippen molar-refractivity contribution in [1.82, 2.24) is 0 Å². The van der Waals surface area contributed by atoms with Gasteiger partial charge in [0.05, 0.1) is 18.4 Å². The molecule has 20 heavy (non-hydrogen) atoms. The van der Waals surface area contributed by atoms with Crippen LogP contribution in [0.2, 0.25) is 0 Å². The number of esters is 1. The molecule has 0 heterocycles. The van der Waals surface area contributed by atoms with Gasteiger partial charge in [-0.2, -0.15) is 0 Å². The fourth-order valence-corrected chi connectivity index (χ4v) is 3.36. The molecule has 106 valence electrons. The zero-order valence-corrected chi connectivity index (χ0v) is 11.8. The summed E-state index contributed by atoms with van der Waals surface area (Å²) < 4.78 is 4.78. The van der Waals surface area contributed by atoms with Gasteiger partial charge in [-0.05, 0) is 43.2 Å². The highest BCUT2D eigenvalue weighted by Crippen LogP contribution is 2.54. The lowest BCUT2D eigenvalue weighted by atomic mass is 10.0. The minimum Gasteiger partial charge on any atom is -0.465 e. The molecule has 0 saturated heterocycles. The van der Waals surface area contributed by atoms with E-state index in [0.717, 1.165) is 24.7 Å². The fourth-order valence-electron chi connectivity index (χ4n) is 3.36. The molecule has 2 fully saturated rings. The third kappa shape index (κ3) is 2.19. The predicted molar refractivity (Wildman–Crippen MR) is 75.5 cm³/mol. The first-order valence-electron chi connectivity index (χ1n) is 7.06. The molecule has 2 unspecified atom stereocenters. The summed E-state index contributed by atoms with van der Waals surface area (Å²) in [5, 5.41) is 0. The Kier molecular flexibility index (Phi) is 3.24. The number of ether oxygens (including phenoxy) is 1. The largest absolute Gasteiger partial charge is 0.465 e. The molecule has 1 aromatic carbocycles. The average molecular weight is 273 g/mol. The number of rotatable bonds is 3. The van der Waals surface area contributed by atoms with Crippen molar-refractivity contribution in [3.05, 3.63) is 29.8 Å². The number of nitrogens with zero attached hydrogens (tertiary/aromatic N) is 1. The highest BCUT2D eigenvalue weighted by atomic mass is 16.5. The molecule has 2 saturated carbocycles. The number of fused-ring (bicyclic) bond motifs is 1. The summed E-state index contributed by atoms with van der Waals surface area (Å²) in [6.45, 7) is 0. The van der Waals surface area contributed by atoms with Crippen molar-refractivity contribution in [3.8, 4) is 0 Å². The molecule has 2 aliphatic rings. The van der Waals surface area contributed by atoms with Crippen LogP contribution in [0.3, 0.4) is 0 Å². The maximum Gasteiger partial charge on any atom is 0.339 e. The molecule has 4 nitrogen and oxygen atoms in total. The number of carbonyl (C=O) groups is 2. The van der Waals surface area contributed by atoms with Gasteiger partial charge in [0.1, 0.15) is 0 Å². The molecule has 0 spiro atoms. The molecule has 2 atom stereocenters. The van der Waals surface area contributed by atoms with Crippen molar-refractivity contribution in [3.63, 3.8) is 0 Å². The van der Waals surface area contributed by atoms with E-state index in [1.807, 2.05) is 6.07 Å². The lowest BCUT2D eigenvalue weighted by Crippen LogP contribution is -2.33. The van der Waals surface area contributed by atoms with Gasteiger partial charge in [-0.15, -0.1) is 0 Å². The van der Waals surface area contributed by atoms with Crippen LogP contribution in [0.1, 0.15) is 29.6 Å². The summed E-state index contributed by atoms with van der Waals surface area (Å²) in [4.78, 5) is 25.9. The normalized spacial score (nSPS) is 26.8. The maximum atomic E-state index is 12.5. The topological polar surface area (TPSA) is 46.6 Å². The molecule has 3 rings (SSSR count). The summed E-state index contributed by atoms with van der Waals surface area (Å²) in [5.41, 5.74) is 1.07. The van der Waals surface area contributed by atoms with Gasteiger partial charge in [0.25, 0.3) is 0 Å². The molecule has 2 aliphatic carbocycles. The maximum absolute atomic E-state index is 12.5. The Balaban J connectivity index is 1.81. The van der Waals surface area contributed by atoms with Gasteiger partial charge in [-0.25, -0.2) is 4.79 Å². The first kappa shape index (κ1) is 13.2. The second-order valence-electron chi connectivity index (χ2n) is 5.83. The van der Waals surface area contributed by atoms with Gasteiger partial charge in [0.15, 0.2) is 0 Å². The quantitative estimate of drug-likeness (QED) is 0.795. The van der Waals surface area contributed by atoms with Crippen molar-refractivity contribution in [2.45, 2.75) is 19.3 Å². The summed E-state index contributed by atoms with van der Waals surface area (Å²) in [5.74, 6) is 1.37. The Hall–Kier alpha value is -1.84. The van der Waals surface area contributed by atoms with E-state index in [1.165, 1.54) is 13.5 Å². The number of hydrogen-bond donors (Lipinski definition) is 0. The van der Waals surface area contributed by atoms with Crippen LogP contribution in [-0.4, -0.2) is 26.0 Å². The number of benzene rings is 1. The van der Waals surface area contributed by atoms with Gasteiger partial charge < -0.3 is 9.64 Å². The Morgan fingerprint density at radius 3 is 2.45 bits per heavy atom. The molecular weight excluding hydrogens is 254 g/mol. The molecule has 0 radical (unpaired) electrons. The SMILES string of the molecule is COC(=O)c1ccccc1N(C)C(=O)C1CC2CC2C1. The Morgan fingerprint density at radius 1 is 1.15 bits per heavy atom. The third-order valence-electron chi connectivity index (χ3n) is 4.59. The molecule has 1 aromatic rings. The van der Waals surface area contributed by atoms with Gasteiger partial charge >= 0.3 is 5.97 Å². The summed E-state index contributed by atoms with van der Waals surface area (Å²) in [6, 6.07) is 7.09. The molecular formula is C16H19NO3. The minimum atomic E-state index is -0.408. The van der Waals surface area contributed by atoms with E-state index in [-0.39, 0.29) is 11.8 Å². The minimum absolute atomic E-state index is 0.119. The Morgan fingerprint density at radius 2 is 1.80 bits per heavy atom. The van der Waals surface area contributed by atoms with Crippen LogP contribution in [0.4, 0.5) is 5.69 Å². The van der Waals surface area contributed by atoms with E-state index in [4.69, 9.17) is 4.74 Å². The van der Waals surface area contributed by atoms with Crippen LogP contribution in [0.25, 0.3) is 0 Å². The van der Waals surface area contributed by atoms with E-state index in [2.05, 4.69) is 0 Å². The van der Waals surface area contributed by atoms with Gasteiger partial charge in [-0.3, -0.25) is 4.79 Å². The number of anilines is 1. The summed E-state index contributed by atoms with van der Waals surface area (Å²) in [7, 11) is 3.10. The van der Waals surface area contributed by atoms with Gasteiger partial charge in [-0.1, -0.05) is 12.1 Å². The van der Waals surface area contributed by atoms with Crippen molar-refractivity contribution in [2.75, 3.05) is 19.1 Å². The van der Waals surface area contributed by atoms with E-state index in [9.17, 15) is 9.59 Å². The first-order valence-corrected chi connectivity index (χ1v) is 7.06. The second kappa shape index (κ2) is 4.93. The van der Waals surface area contributed by atoms with Crippen LogP contribution in [0, 0.1) is 17.8 Å².